The summed E-state index contributed by atoms with van der Waals surface area (Å²) in [5.41, 5.74) is 0.326. The van der Waals surface area contributed by atoms with Gasteiger partial charge in [0.05, 0.1) is 5.56 Å². The molecular formula is C12H17ClN4O. The maximum atomic E-state index is 11.0. The lowest BCUT2D eigenvalue weighted by Gasteiger charge is -2.22. The molecule has 1 N–H and O–H groups in total. The van der Waals surface area contributed by atoms with Gasteiger partial charge in [0.2, 0.25) is 0 Å². The van der Waals surface area contributed by atoms with E-state index in [0.29, 0.717) is 17.7 Å². The van der Waals surface area contributed by atoms with E-state index in [0.717, 1.165) is 19.6 Å². The van der Waals surface area contributed by atoms with E-state index < -0.39 is 0 Å². The highest BCUT2D eigenvalue weighted by molar-refractivity contribution is 6.32. The largest absolute Gasteiger partial charge is 0.366 e. The number of carbonyl (C=O) groups is 1. The highest BCUT2D eigenvalue weighted by Crippen LogP contribution is 2.18. The third-order valence-electron chi connectivity index (χ3n) is 3.07. The maximum absolute atomic E-state index is 11.0. The number of hydrogen-bond donors (Lipinski definition) is 1. The lowest BCUT2D eigenvalue weighted by Crippen LogP contribution is -2.33. The van der Waals surface area contributed by atoms with Crippen LogP contribution >= 0.6 is 11.6 Å². The fraction of sp³-hybridized carbons (Fsp3) is 0.583. The maximum Gasteiger partial charge on any atom is 0.156 e. The molecule has 1 aromatic rings. The predicted molar refractivity (Wildman–Crippen MR) is 71.2 cm³/mol. The first-order chi connectivity index (χ1) is 8.70. The molecule has 0 aliphatic carbocycles. The summed E-state index contributed by atoms with van der Waals surface area (Å²) in [5, 5.41) is 3.41. The molecule has 1 aliphatic rings. The van der Waals surface area contributed by atoms with Crippen LogP contribution < -0.4 is 5.32 Å². The van der Waals surface area contributed by atoms with Crippen molar-refractivity contribution >= 4 is 23.7 Å². The molecule has 6 heteroatoms. The van der Waals surface area contributed by atoms with Crippen molar-refractivity contribution in [2.75, 3.05) is 25.0 Å². The zero-order valence-electron chi connectivity index (χ0n) is 10.4. The topological polar surface area (TPSA) is 58.1 Å². The van der Waals surface area contributed by atoms with Crippen LogP contribution in [0.5, 0.6) is 0 Å². The zero-order valence-corrected chi connectivity index (χ0v) is 11.2. The fourth-order valence-corrected chi connectivity index (χ4v) is 2.40. The Kier molecular flexibility index (Phi) is 4.49. The molecule has 0 spiro atoms. The summed E-state index contributed by atoms with van der Waals surface area (Å²) >= 11 is 5.85. The lowest BCUT2D eigenvalue weighted by atomic mass is 10.2. The van der Waals surface area contributed by atoms with Crippen molar-refractivity contribution in [3.63, 3.8) is 0 Å². The van der Waals surface area contributed by atoms with E-state index >= 15 is 0 Å². The Morgan fingerprint density at radius 1 is 1.50 bits per heavy atom. The van der Waals surface area contributed by atoms with E-state index in [9.17, 15) is 4.79 Å². The van der Waals surface area contributed by atoms with Crippen LogP contribution in [0.2, 0.25) is 5.15 Å². The van der Waals surface area contributed by atoms with Crippen molar-refractivity contribution in [2.24, 2.45) is 0 Å². The smallest absolute Gasteiger partial charge is 0.156 e. The first-order valence-electron chi connectivity index (χ1n) is 6.15. The second-order valence-corrected chi connectivity index (χ2v) is 4.96. The number of anilines is 1. The molecule has 1 aromatic heterocycles. The van der Waals surface area contributed by atoms with Gasteiger partial charge in [-0.3, -0.25) is 4.79 Å². The minimum atomic E-state index is 0.191. The average Bonchev–Trinajstić information content (AvgIpc) is 2.82. The van der Waals surface area contributed by atoms with Crippen molar-refractivity contribution in [3.8, 4) is 0 Å². The molecule has 1 fully saturated rings. The summed E-state index contributed by atoms with van der Waals surface area (Å²) < 4.78 is 0. The van der Waals surface area contributed by atoms with Crippen LogP contribution in [-0.4, -0.2) is 46.8 Å². The summed E-state index contributed by atoms with van der Waals surface area (Å²) in [7, 11) is 0. The number of likely N-dealkylation sites (tertiary alicyclic amines) is 1. The Balaban J connectivity index is 1.99. The SMILES string of the molecule is CC(CN1CCCC1)Nc1ncnc(Cl)c1C=O. The van der Waals surface area contributed by atoms with Gasteiger partial charge in [-0.15, -0.1) is 0 Å². The molecule has 18 heavy (non-hydrogen) atoms. The number of rotatable bonds is 5. The van der Waals surface area contributed by atoms with Crippen molar-refractivity contribution < 1.29 is 4.79 Å². The van der Waals surface area contributed by atoms with Crippen LogP contribution in [0.25, 0.3) is 0 Å². The van der Waals surface area contributed by atoms with Gasteiger partial charge >= 0.3 is 0 Å². The Hall–Kier alpha value is -1.20. The van der Waals surface area contributed by atoms with E-state index in [4.69, 9.17) is 11.6 Å². The third kappa shape index (κ3) is 3.17. The van der Waals surface area contributed by atoms with Crippen LogP contribution in [0, 0.1) is 0 Å². The predicted octanol–water partition coefficient (Wildman–Crippen LogP) is 1.84. The van der Waals surface area contributed by atoms with Crippen molar-refractivity contribution in [1.29, 1.82) is 0 Å². The zero-order chi connectivity index (χ0) is 13.0. The lowest BCUT2D eigenvalue weighted by molar-refractivity contribution is 0.112. The number of nitrogens with zero attached hydrogens (tertiary/aromatic N) is 3. The fourth-order valence-electron chi connectivity index (χ4n) is 2.23. The van der Waals surface area contributed by atoms with E-state index in [1.807, 2.05) is 0 Å². The van der Waals surface area contributed by atoms with E-state index in [1.165, 1.54) is 19.2 Å². The highest BCUT2D eigenvalue weighted by atomic mass is 35.5. The Morgan fingerprint density at radius 3 is 2.89 bits per heavy atom. The first kappa shape index (κ1) is 13.2. The number of nitrogens with one attached hydrogen (secondary N) is 1. The molecule has 1 aliphatic heterocycles. The van der Waals surface area contributed by atoms with Gasteiger partial charge in [0.1, 0.15) is 17.3 Å². The Morgan fingerprint density at radius 2 is 2.22 bits per heavy atom. The second kappa shape index (κ2) is 6.11. The van der Waals surface area contributed by atoms with Crippen molar-refractivity contribution in [2.45, 2.75) is 25.8 Å². The van der Waals surface area contributed by atoms with Crippen molar-refractivity contribution in [3.05, 3.63) is 17.0 Å². The molecule has 5 nitrogen and oxygen atoms in total. The molecule has 2 heterocycles. The second-order valence-electron chi connectivity index (χ2n) is 4.60. The highest BCUT2D eigenvalue weighted by Gasteiger charge is 2.16. The van der Waals surface area contributed by atoms with Gasteiger partial charge in [-0.2, -0.15) is 0 Å². The minimum absolute atomic E-state index is 0.191. The third-order valence-corrected chi connectivity index (χ3v) is 3.37. The van der Waals surface area contributed by atoms with Gasteiger partial charge < -0.3 is 10.2 Å². The molecule has 2 rings (SSSR count). The van der Waals surface area contributed by atoms with Gasteiger partial charge in [-0.05, 0) is 32.9 Å². The Labute approximate surface area is 112 Å². The molecule has 1 atom stereocenters. The molecule has 0 saturated carbocycles. The molecule has 1 saturated heterocycles. The van der Waals surface area contributed by atoms with Crippen LogP contribution in [0.4, 0.5) is 5.82 Å². The van der Waals surface area contributed by atoms with Crippen LogP contribution in [-0.2, 0) is 0 Å². The summed E-state index contributed by atoms with van der Waals surface area (Å²) in [5.74, 6) is 0.511. The summed E-state index contributed by atoms with van der Waals surface area (Å²) in [6.07, 6.45) is 4.59. The number of aldehydes is 1. The van der Waals surface area contributed by atoms with Gasteiger partial charge in [0.15, 0.2) is 6.29 Å². The normalized spacial score (nSPS) is 17.7. The molecule has 98 valence electrons. The number of halogens is 1. The van der Waals surface area contributed by atoms with Crippen molar-refractivity contribution in [1.82, 2.24) is 14.9 Å². The monoisotopic (exact) mass is 268 g/mol. The molecule has 0 aromatic carbocycles. The van der Waals surface area contributed by atoms with E-state index in [2.05, 4.69) is 27.1 Å². The summed E-state index contributed by atoms with van der Waals surface area (Å²) in [6, 6.07) is 0.216. The van der Waals surface area contributed by atoms with Crippen LogP contribution in [0.1, 0.15) is 30.1 Å². The summed E-state index contributed by atoms with van der Waals surface area (Å²) in [4.78, 5) is 21.2. The minimum Gasteiger partial charge on any atom is -0.366 e. The van der Waals surface area contributed by atoms with Crippen LogP contribution in [0.3, 0.4) is 0 Å². The number of carbonyl (C=O) groups excluding carboxylic acids is 1. The van der Waals surface area contributed by atoms with Gasteiger partial charge in [-0.25, -0.2) is 9.97 Å². The van der Waals surface area contributed by atoms with E-state index in [-0.39, 0.29) is 11.2 Å². The number of hydrogen-bond acceptors (Lipinski definition) is 5. The van der Waals surface area contributed by atoms with Gasteiger partial charge in [0.25, 0.3) is 0 Å². The molecular weight excluding hydrogens is 252 g/mol. The van der Waals surface area contributed by atoms with Gasteiger partial charge in [-0.1, -0.05) is 11.6 Å². The molecule has 0 bridgehead atoms. The first-order valence-corrected chi connectivity index (χ1v) is 6.53. The number of aromatic nitrogens is 2. The molecule has 1 unspecified atom stereocenters. The summed E-state index contributed by atoms with van der Waals surface area (Å²) in [6.45, 7) is 5.32. The van der Waals surface area contributed by atoms with Gasteiger partial charge in [0, 0.05) is 12.6 Å². The van der Waals surface area contributed by atoms with Crippen LogP contribution in [0.15, 0.2) is 6.33 Å². The Bertz CT molecular complexity index is 421. The molecule has 0 radical (unpaired) electrons. The standard InChI is InChI=1S/C12H17ClN4O/c1-9(6-17-4-2-3-5-17)16-12-10(7-18)11(13)14-8-15-12/h7-9H,2-6H2,1H3,(H,14,15,16). The average molecular weight is 269 g/mol. The molecule has 0 amide bonds. The van der Waals surface area contributed by atoms with E-state index in [1.54, 1.807) is 0 Å². The quantitative estimate of drug-likeness (QED) is 0.652.